The third-order valence-corrected chi connectivity index (χ3v) is 2.92. The molecule has 0 heterocycles. The van der Waals surface area contributed by atoms with Crippen molar-refractivity contribution in [1.82, 2.24) is 0 Å². The van der Waals surface area contributed by atoms with Crippen LogP contribution in [0.3, 0.4) is 0 Å². The zero-order chi connectivity index (χ0) is 8.81. The van der Waals surface area contributed by atoms with E-state index >= 15 is 0 Å². The average Bonchev–Trinajstić information content (AvgIpc) is 2.15. The summed E-state index contributed by atoms with van der Waals surface area (Å²) in [4.78, 5) is 0. The predicted octanol–water partition coefficient (Wildman–Crippen LogP) is 2.47. The lowest BCUT2D eigenvalue weighted by atomic mass is 10.2. The summed E-state index contributed by atoms with van der Waals surface area (Å²) in [5.74, 6) is 0.816. The van der Waals surface area contributed by atoms with Gasteiger partial charge in [-0.05, 0) is 12.5 Å². The van der Waals surface area contributed by atoms with Crippen molar-refractivity contribution in [2.24, 2.45) is 0 Å². The number of rotatable bonds is 4. The van der Waals surface area contributed by atoms with Gasteiger partial charge in [0.1, 0.15) is 0 Å². The van der Waals surface area contributed by atoms with E-state index in [1.165, 1.54) is 5.56 Å². The van der Waals surface area contributed by atoms with Crippen molar-refractivity contribution in [3.05, 3.63) is 35.9 Å². The number of thioether (sulfide) groups is 1. The van der Waals surface area contributed by atoms with Gasteiger partial charge in [0.25, 0.3) is 0 Å². The highest BCUT2D eigenvalue weighted by Crippen LogP contribution is 2.26. The van der Waals surface area contributed by atoms with Crippen LogP contribution in [0.5, 0.6) is 0 Å². The lowest BCUT2D eigenvalue weighted by molar-refractivity contribution is 0.322. The quantitative estimate of drug-likeness (QED) is 0.772. The Labute approximate surface area is 77.8 Å². The van der Waals surface area contributed by atoms with E-state index in [4.69, 9.17) is 5.11 Å². The van der Waals surface area contributed by atoms with Crippen molar-refractivity contribution in [3.8, 4) is 0 Å². The maximum atomic E-state index is 8.64. The van der Waals surface area contributed by atoms with Crippen LogP contribution in [0, 0.1) is 0 Å². The summed E-state index contributed by atoms with van der Waals surface area (Å²) in [5.41, 5.74) is 1.33. The van der Waals surface area contributed by atoms with E-state index in [1.54, 1.807) is 11.8 Å². The first-order chi connectivity index (χ1) is 5.84. The van der Waals surface area contributed by atoms with Gasteiger partial charge in [0.15, 0.2) is 0 Å². The molecule has 1 aromatic carbocycles. The second-order valence-corrected chi connectivity index (χ2v) is 4.10. The Morgan fingerprint density at radius 1 is 1.33 bits per heavy atom. The number of benzene rings is 1. The van der Waals surface area contributed by atoms with Crippen molar-refractivity contribution >= 4 is 11.8 Å². The molecule has 0 amide bonds. The monoisotopic (exact) mass is 182 g/mol. The molecule has 0 unspecified atom stereocenters. The smallest absolute Gasteiger partial charge is 0.0521 e. The van der Waals surface area contributed by atoms with Crippen molar-refractivity contribution in [1.29, 1.82) is 0 Å². The number of aliphatic hydroxyl groups is 1. The molecule has 1 N–H and O–H groups in total. The Morgan fingerprint density at radius 2 is 2.00 bits per heavy atom. The van der Waals surface area contributed by atoms with Crippen LogP contribution in [0.25, 0.3) is 0 Å². The van der Waals surface area contributed by atoms with E-state index in [2.05, 4.69) is 19.1 Å². The first kappa shape index (κ1) is 9.62. The molecule has 0 aromatic heterocycles. The largest absolute Gasteiger partial charge is 0.396 e. The zero-order valence-electron chi connectivity index (χ0n) is 7.23. The van der Waals surface area contributed by atoms with Crippen LogP contribution in [-0.2, 0) is 0 Å². The molecule has 0 spiro atoms. The molecule has 0 bridgehead atoms. The SMILES string of the molecule is C[C@@H](SCCO)c1ccccc1. The topological polar surface area (TPSA) is 20.2 Å². The van der Waals surface area contributed by atoms with E-state index in [0.717, 1.165) is 5.75 Å². The standard InChI is InChI=1S/C10H14OS/c1-9(12-8-7-11)10-5-3-2-4-6-10/h2-6,9,11H,7-8H2,1H3/t9-/m1/s1. The lowest BCUT2D eigenvalue weighted by Gasteiger charge is -2.09. The Balaban J connectivity index is 2.48. The molecule has 0 radical (unpaired) electrons. The summed E-state index contributed by atoms with van der Waals surface area (Å²) in [6.45, 7) is 2.43. The Morgan fingerprint density at radius 3 is 2.58 bits per heavy atom. The minimum absolute atomic E-state index is 0.266. The molecule has 12 heavy (non-hydrogen) atoms. The highest BCUT2D eigenvalue weighted by molar-refractivity contribution is 7.99. The normalized spacial score (nSPS) is 12.8. The van der Waals surface area contributed by atoms with Crippen LogP contribution in [0.15, 0.2) is 30.3 Å². The van der Waals surface area contributed by atoms with Gasteiger partial charge < -0.3 is 5.11 Å². The molecule has 1 rings (SSSR count). The Bertz CT molecular complexity index is 210. The van der Waals surface area contributed by atoms with Gasteiger partial charge in [-0.2, -0.15) is 11.8 Å². The molecule has 0 aliphatic rings. The third-order valence-electron chi connectivity index (χ3n) is 1.73. The van der Waals surface area contributed by atoms with E-state index in [0.29, 0.717) is 5.25 Å². The fraction of sp³-hybridized carbons (Fsp3) is 0.400. The summed E-state index contributed by atoms with van der Waals surface area (Å²) in [7, 11) is 0. The minimum Gasteiger partial charge on any atom is -0.396 e. The maximum absolute atomic E-state index is 8.64. The molecule has 66 valence electrons. The molecular formula is C10H14OS. The van der Waals surface area contributed by atoms with E-state index in [9.17, 15) is 0 Å². The molecule has 0 fully saturated rings. The van der Waals surface area contributed by atoms with Crippen molar-refractivity contribution in [3.63, 3.8) is 0 Å². The first-order valence-corrected chi connectivity index (χ1v) is 5.17. The number of hydrogen-bond donors (Lipinski definition) is 1. The molecular weight excluding hydrogens is 168 g/mol. The number of hydrogen-bond acceptors (Lipinski definition) is 2. The summed E-state index contributed by atoms with van der Waals surface area (Å²) >= 11 is 1.78. The molecule has 0 aliphatic heterocycles. The van der Waals surface area contributed by atoms with E-state index < -0.39 is 0 Å². The van der Waals surface area contributed by atoms with Crippen molar-refractivity contribution in [2.45, 2.75) is 12.2 Å². The van der Waals surface area contributed by atoms with Gasteiger partial charge in [0.05, 0.1) is 6.61 Å². The van der Waals surface area contributed by atoms with Crippen LogP contribution in [0.4, 0.5) is 0 Å². The summed E-state index contributed by atoms with van der Waals surface area (Å²) in [6.07, 6.45) is 0. The first-order valence-electron chi connectivity index (χ1n) is 4.12. The van der Waals surface area contributed by atoms with Crippen LogP contribution in [0.2, 0.25) is 0 Å². The highest BCUT2D eigenvalue weighted by Gasteiger charge is 2.03. The second kappa shape index (κ2) is 5.22. The average molecular weight is 182 g/mol. The zero-order valence-corrected chi connectivity index (χ0v) is 8.05. The minimum atomic E-state index is 0.266. The lowest BCUT2D eigenvalue weighted by Crippen LogP contribution is -1.92. The van der Waals surface area contributed by atoms with Gasteiger partial charge in [0.2, 0.25) is 0 Å². The maximum Gasteiger partial charge on any atom is 0.0521 e. The Hall–Kier alpha value is -0.470. The molecule has 0 saturated carbocycles. The molecule has 0 saturated heterocycles. The molecule has 1 aromatic rings. The fourth-order valence-electron chi connectivity index (χ4n) is 1.05. The summed E-state index contributed by atoms with van der Waals surface area (Å²) in [6, 6.07) is 10.4. The second-order valence-electron chi connectivity index (χ2n) is 2.65. The Kier molecular flexibility index (Phi) is 4.19. The van der Waals surface area contributed by atoms with Crippen LogP contribution >= 0.6 is 11.8 Å². The molecule has 2 heteroatoms. The number of aliphatic hydroxyl groups excluding tert-OH is 1. The van der Waals surface area contributed by atoms with Crippen LogP contribution in [0.1, 0.15) is 17.7 Å². The molecule has 1 nitrogen and oxygen atoms in total. The molecule has 1 atom stereocenters. The fourth-order valence-corrected chi connectivity index (χ4v) is 1.86. The van der Waals surface area contributed by atoms with Gasteiger partial charge in [-0.15, -0.1) is 0 Å². The highest BCUT2D eigenvalue weighted by atomic mass is 32.2. The van der Waals surface area contributed by atoms with Gasteiger partial charge in [0, 0.05) is 11.0 Å². The molecule has 0 aliphatic carbocycles. The summed E-state index contributed by atoms with van der Waals surface area (Å²) < 4.78 is 0. The summed E-state index contributed by atoms with van der Waals surface area (Å²) in [5, 5.41) is 9.13. The van der Waals surface area contributed by atoms with Gasteiger partial charge in [-0.1, -0.05) is 30.3 Å². The van der Waals surface area contributed by atoms with Crippen LogP contribution in [-0.4, -0.2) is 17.5 Å². The van der Waals surface area contributed by atoms with Crippen molar-refractivity contribution < 1.29 is 5.11 Å². The van der Waals surface area contributed by atoms with Crippen LogP contribution < -0.4 is 0 Å². The van der Waals surface area contributed by atoms with Crippen molar-refractivity contribution in [2.75, 3.05) is 12.4 Å². The van der Waals surface area contributed by atoms with Gasteiger partial charge >= 0.3 is 0 Å². The van der Waals surface area contributed by atoms with Gasteiger partial charge in [-0.3, -0.25) is 0 Å². The van der Waals surface area contributed by atoms with Gasteiger partial charge in [-0.25, -0.2) is 0 Å². The third kappa shape index (κ3) is 2.88. The van der Waals surface area contributed by atoms with E-state index in [1.807, 2.05) is 18.2 Å². The van der Waals surface area contributed by atoms with E-state index in [-0.39, 0.29) is 6.61 Å². The predicted molar refractivity (Wildman–Crippen MR) is 54.4 cm³/mol.